The topological polar surface area (TPSA) is 90.3 Å². The summed E-state index contributed by atoms with van der Waals surface area (Å²) < 4.78 is 27.5. The van der Waals surface area contributed by atoms with E-state index in [0.29, 0.717) is 29.9 Å². The number of benzene rings is 2. The van der Waals surface area contributed by atoms with Crippen LogP contribution in [-0.2, 0) is 14.8 Å². The molecule has 0 aliphatic carbocycles. The van der Waals surface area contributed by atoms with Gasteiger partial charge in [-0.15, -0.1) is 0 Å². The summed E-state index contributed by atoms with van der Waals surface area (Å²) in [7, 11) is -3.58. The maximum Gasteiger partial charge on any atom is 0.248 e. The molecule has 7 heteroatoms. The number of aryl methyl sites for hydroxylation is 1. The number of carbonyl (C=O) groups excluding carboxylic acids is 1. The smallest absolute Gasteiger partial charge is 0.248 e. The van der Waals surface area contributed by atoms with Crippen LogP contribution in [-0.4, -0.2) is 31.7 Å². The van der Waals surface area contributed by atoms with Crippen LogP contribution in [0.4, 0.5) is 5.69 Å². The molecular formula is C22H23N3O3S. The average Bonchev–Trinajstić information content (AvgIpc) is 2.74. The Morgan fingerprint density at radius 2 is 1.79 bits per heavy atom. The number of hydrogen-bond acceptors (Lipinski definition) is 4. The van der Waals surface area contributed by atoms with Crippen molar-refractivity contribution in [1.29, 1.82) is 5.26 Å². The first-order valence-electron chi connectivity index (χ1n) is 9.50. The molecule has 0 aromatic heterocycles. The number of piperidine rings is 1. The summed E-state index contributed by atoms with van der Waals surface area (Å²) in [5.41, 5.74) is 2.42. The third kappa shape index (κ3) is 5.11. The number of hydrogen-bond donors (Lipinski definition) is 1. The van der Waals surface area contributed by atoms with E-state index in [1.54, 1.807) is 49.4 Å². The SMILES string of the molecule is Cc1ccc(NC(=O)/C=C/c2ccc(C#N)cc2)cc1S(=O)(=O)N1CCCCC1. The Balaban J connectivity index is 1.74. The molecule has 150 valence electrons. The molecule has 0 radical (unpaired) electrons. The minimum absolute atomic E-state index is 0.230. The van der Waals surface area contributed by atoms with E-state index in [1.807, 2.05) is 6.07 Å². The summed E-state index contributed by atoms with van der Waals surface area (Å²) in [5.74, 6) is -0.362. The van der Waals surface area contributed by atoms with E-state index in [0.717, 1.165) is 24.8 Å². The second kappa shape index (κ2) is 9.03. The fourth-order valence-corrected chi connectivity index (χ4v) is 4.99. The molecule has 2 aromatic carbocycles. The highest BCUT2D eigenvalue weighted by molar-refractivity contribution is 7.89. The van der Waals surface area contributed by atoms with E-state index < -0.39 is 10.0 Å². The summed E-state index contributed by atoms with van der Waals surface area (Å²) in [6.45, 7) is 2.82. The number of anilines is 1. The zero-order chi connectivity index (χ0) is 20.9. The number of nitrogens with one attached hydrogen (secondary N) is 1. The van der Waals surface area contributed by atoms with E-state index >= 15 is 0 Å². The van der Waals surface area contributed by atoms with E-state index in [9.17, 15) is 13.2 Å². The van der Waals surface area contributed by atoms with Crippen molar-refractivity contribution in [2.75, 3.05) is 18.4 Å². The summed E-state index contributed by atoms with van der Waals surface area (Å²) in [6, 6.07) is 13.8. The molecule has 1 amide bonds. The summed E-state index contributed by atoms with van der Waals surface area (Å²) in [5, 5.41) is 11.5. The van der Waals surface area contributed by atoms with Crippen molar-refractivity contribution in [3.05, 3.63) is 65.2 Å². The fourth-order valence-electron chi connectivity index (χ4n) is 3.22. The van der Waals surface area contributed by atoms with Crippen LogP contribution in [0.25, 0.3) is 6.08 Å². The quantitative estimate of drug-likeness (QED) is 0.763. The van der Waals surface area contributed by atoms with Crippen molar-refractivity contribution in [2.45, 2.75) is 31.1 Å². The number of sulfonamides is 1. The molecule has 6 nitrogen and oxygen atoms in total. The lowest BCUT2D eigenvalue weighted by atomic mass is 10.1. The van der Waals surface area contributed by atoms with Gasteiger partial charge in [-0.2, -0.15) is 9.57 Å². The molecule has 0 unspecified atom stereocenters. The Morgan fingerprint density at radius 1 is 1.10 bits per heavy atom. The molecule has 1 aliphatic rings. The largest absolute Gasteiger partial charge is 0.322 e. The number of nitriles is 1. The number of carbonyl (C=O) groups is 1. The Labute approximate surface area is 171 Å². The molecule has 1 saturated heterocycles. The van der Waals surface area contributed by atoms with Gasteiger partial charge in [0.15, 0.2) is 0 Å². The normalized spacial score (nSPS) is 15.2. The van der Waals surface area contributed by atoms with E-state index in [1.165, 1.54) is 16.4 Å². The Morgan fingerprint density at radius 3 is 2.45 bits per heavy atom. The minimum Gasteiger partial charge on any atom is -0.322 e. The molecule has 1 fully saturated rings. The van der Waals surface area contributed by atoms with Gasteiger partial charge in [0.25, 0.3) is 0 Å². The van der Waals surface area contributed by atoms with Gasteiger partial charge in [0, 0.05) is 24.9 Å². The van der Waals surface area contributed by atoms with Crippen LogP contribution in [0.15, 0.2) is 53.4 Å². The average molecular weight is 410 g/mol. The van der Waals surface area contributed by atoms with Gasteiger partial charge in [-0.1, -0.05) is 24.6 Å². The highest BCUT2D eigenvalue weighted by Gasteiger charge is 2.27. The standard InChI is InChI=1S/C22H23N3O3S/c1-17-5-11-20(15-21(17)29(27,28)25-13-3-2-4-14-25)24-22(26)12-10-18-6-8-19(16-23)9-7-18/h5-12,15H,2-4,13-14H2,1H3,(H,24,26)/b12-10+. The van der Waals surface area contributed by atoms with Crippen LogP contribution in [0.5, 0.6) is 0 Å². The molecule has 0 bridgehead atoms. The fraction of sp³-hybridized carbons (Fsp3) is 0.273. The van der Waals surface area contributed by atoms with Crippen molar-refractivity contribution in [1.82, 2.24) is 4.31 Å². The first-order chi connectivity index (χ1) is 13.9. The van der Waals surface area contributed by atoms with E-state index in [4.69, 9.17) is 5.26 Å². The maximum atomic E-state index is 13.0. The summed E-state index contributed by atoms with van der Waals surface area (Å²) >= 11 is 0. The van der Waals surface area contributed by atoms with Crippen molar-refractivity contribution >= 4 is 27.7 Å². The maximum absolute atomic E-state index is 13.0. The van der Waals surface area contributed by atoms with Crippen molar-refractivity contribution in [3.63, 3.8) is 0 Å². The van der Waals surface area contributed by atoms with Gasteiger partial charge in [-0.3, -0.25) is 4.79 Å². The first-order valence-corrected chi connectivity index (χ1v) is 10.9. The zero-order valence-electron chi connectivity index (χ0n) is 16.3. The first kappa shape index (κ1) is 20.8. The lowest BCUT2D eigenvalue weighted by Gasteiger charge is -2.26. The number of nitrogens with zero attached hydrogens (tertiary/aromatic N) is 2. The van der Waals surface area contributed by atoms with Crippen LogP contribution in [0, 0.1) is 18.3 Å². The lowest BCUT2D eigenvalue weighted by molar-refractivity contribution is -0.111. The summed E-state index contributed by atoms with van der Waals surface area (Å²) in [6.07, 6.45) is 5.80. The Kier molecular flexibility index (Phi) is 6.47. The van der Waals surface area contributed by atoms with Crippen LogP contribution >= 0.6 is 0 Å². The highest BCUT2D eigenvalue weighted by atomic mass is 32.2. The van der Waals surface area contributed by atoms with Gasteiger partial charge in [-0.25, -0.2) is 8.42 Å². The molecule has 1 N–H and O–H groups in total. The Bertz CT molecular complexity index is 1060. The lowest BCUT2D eigenvalue weighted by Crippen LogP contribution is -2.36. The van der Waals surface area contributed by atoms with Crippen LogP contribution in [0.2, 0.25) is 0 Å². The third-order valence-corrected chi connectivity index (χ3v) is 6.90. The molecule has 0 saturated carbocycles. The third-order valence-electron chi connectivity index (χ3n) is 4.86. The van der Waals surface area contributed by atoms with E-state index in [-0.39, 0.29) is 10.8 Å². The van der Waals surface area contributed by atoms with Crippen molar-refractivity contribution in [3.8, 4) is 6.07 Å². The molecule has 0 spiro atoms. The number of rotatable bonds is 5. The molecule has 3 rings (SSSR count). The highest BCUT2D eigenvalue weighted by Crippen LogP contribution is 2.26. The summed E-state index contributed by atoms with van der Waals surface area (Å²) in [4.78, 5) is 12.5. The molecule has 2 aromatic rings. The van der Waals surface area contributed by atoms with Gasteiger partial charge >= 0.3 is 0 Å². The predicted octanol–water partition coefficient (Wildman–Crippen LogP) is 3.69. The van der Waals surface area contributed by atoms with Gasteiger partial charge in [0.2, 0.25) is 15.9 Å². The second-order valence-corrected chi connectivity index (χ2v) is 8.91. The van der Waals surface area contributed by atoms with Gasteiger partial charge in [0.1, 0.15) is 0 Å². The van der Waals surface area contributed by atoms with Crippen LogP contribution in [0.1, 0.15) is 36.0 Å². The van der Waals surface area contributed by atoms with Gasteiger partial charge in [-0.05, 0) is 61.2 Å². The number of amides is 1. The second-order valence-electron chi connectivity index (χ2n) is 7.00. The Hall–Kier alpha value is -2.95. The molecule has 1 heterocycles. The van der Waals surface area contributed by atoms with Crippen molar-refractivity contribution in [2.24, 2.45) is 0 Å². The van der Waals surface area contributed by atoms with Crippen molar-refractivity contribution < 1.29 is 13.2 Å². The minimum atomic E-state index is -3.58. The molecule has 0 atom stereocenters. The molecule has 29 heavy (non-hydrogen) atoms. The predicted molar refractivity (Wildman–Crippen MR) is 113 cm³/mol. The van der Waals surface area contributed by atoms with Crippen LogP contribution in [0.3, 0.4) is 0 Å². The molecule has 1 aliphatic heterocycles. The van der Waals surface area contributed by atoms with Crippen LogP contribution < -0.4 is 5.32 Å². The van der Waals surface area contributed by atoms with E-state index in [2.05, 4.69) is 5.32 Å². The van der Waals surface area contributed by atoms with Gasteiger partial charge in [0.05, 0.1) is 16.5 Å². The van der Waals surface area contributed by atoms with Gasteiger partial charge < -0.3 is 5.32 Å². The molecular weight excluding hydrogens is 386 g/mol. The zero-order valence-corrected chi connectivity index (χ0v) is 17.1. The monoisotopic (exact) mass is 409 g/mol.